The molecule has 1 aromatic heterocycles. The first-order valence-electron chi connectivity index (χ1n) is 6.73. The van der Waals surface area contributed by atoms with Crippen LogP contribution < -0.4 is 5.32 Å². The molecule has 2 aromatic rings. The van der Waals surface area contributed by atoms with Gasteiger partial charge in [-0.2, -0.15) is 0 Å². The van der Waals surface area contributed by atoms with Crippen molar-refractivity contribution in [3.63, 3.8) is 0 Å². The maximum absolute atomic E-state index is 13.0. The summed E-state index contributed by atoms with van der Waals surface area (Å²) in [6.45, 7) is 5.79. The predicted octanol–water partition coefficient (Wildman–Crippen LogP) is 2.40. The summed E-state index contributed by atoms with van der Waals surface area (Å²) in [6.07, 6.45) is 1.63. The predicted molar refractivity (Wildman–Crippen MR) is 84.9 cm³/mol. The summed E-state index contributed by atoms with van der Waals surface area (Å²) < 4.78 is 14.8. The van der Waals surface area contributed by atoms with Crippen molar-refractivity contribution in [2.24, 2.45) is 7.05 Å². The number of aromatic nitrogens is 3. The van der Waals surface area contributed by atoms with E-state index in [2.05, 4.69) is 22.1 Å². The summed E-state index contributed by atoms with van der Waals surface area (Å²) in [6, 6.07) is 6.05. The number of hydrogen-bond donors (Lipinski definition) is 1. The fourth-order valence-electron chi connectivity index (χ4n) is 1.80. The van der Waals surface area contributed by atoms with Crippen LogP contribution in [0.3, 0.4) is 0 Å². The number of carbonyl (C=O) groups excluding carboxylic acids is 1. The van der Waals surface area contributed by atoms with Gasteiger partial charge in [-0.05, 0) is 31.2 Å². The third kappa shape index (κ3) is 3.73. The van der Waals surface area contributed by atoms with Gasteiger partial charge >= 0.3 is 0 Å². The fraction of sp³-hybridized carbons (Fsp3) is 0.267. The number of hydrogen-bond acceptors (Lipinski definition) is 4. The molecule has 0 fully saturated rings. The van der Waals surface area contributed by atoms with Gasteiger partial charge in [-0.1, -0.05) is 17.8 Å². The lowest BCUT2D eigenvalue weighted by Crippen LogP contribution is -2.31. The van der Waals surface area contributed by atoms with Crippen molar-refractivity contribution >= 4 is 17.7 Å². The van der Waals surface area contributed by atoms with Gasteiger partial charge in [-0.15, -0.1) is 16.8 Å². The molecule has 1 aromatic carbocycles. The molecule has 5 nitrogen and oxygen atoms in total. The zero-order chi connectivity index (χ0) is 16.1. The third-order valence-electron chi connectivity index (χ3n) is 3.01. The third-order valence-corrected chi connectivity index (χ3v) is 4.14. The maximum Gasteiger partial charge on any atom is 0.233 e. The topological polar surface area (TPSA) is 59.8 Å². The zero-order valence-corrected chi connectivity index (χ0v) is 13.2. The van der Waals surface area contributed by atoms with Gasteiger partial charge in [0.25, 0.3) is 0 Å². The minimum Gasteiger partial charge on any atom is -0.352 e. The molecule has 0 unspecified atom stereocenters. The van der Waals surface area contributed by atoms with E-state index in [1.54, 1.807) is 29.7 Å². The summed E-state index contributed by atoms with van der Waals surface area (Å²) in [7, 11) is 1.81. The summed E-state index contributed by atoms with van der Waals surface area (Å²) in [5.74, 6) is 0.241. The molecule has 1 N–H and O–H groups in total. The van der Waals surface area contributed by atoms with E-state index in [0.29, 0.717) is 17.5 Å². The van der Waals surface area contributed by atoms with Gasteiger partial charge in [-0.3, -0.25) is 4.79 Å². The number of thioether (sulfide) groups is 1. The molecule has 7 heteroatoms. The maximum atomic E-state index is 13.0. The molecule has 116 valence electrons. The Hall–Kier alpha value is -2.15. The zero-order valence-electron chi connectivity index (χ0n) is 12.4. The highest BCUT2D eigenvalue weighted by atomic mass is 32.2. The quantitative estimate of drug-likeness (QED) is 0.656. The van der Waals surface area contributed by atoms with Crippen LogP contribution in [0.1, 0.15) is 6.92 Å². The van der Waals surface area contributed by atoms with E-state index in [9.17, 15) is 9.18 Å². The number of nitrogens with one attached hydrogen (secondary N) is 1. The highest BCUT2D eigenvalue weighted by Gasteiger charge is 2.18. The molecule has 1 atom stereocenters. The molecule has 0 aliphatic carbocycles. The number of nitrogens with zero attached hydrogens (tertiary/aromatic N) is 3. The minimum absolute atomic E-state index is 0.0868. The Labute approximate surface area is 132 Å². The number of halogens is 1. The SMILES string of the molecule is C=CCNC(=O)[C@H](C)Sc1nnc(-c2ccc(F)cc2)n1C. The van der Waals surface area contributed by atoms with E-state index in [4.69, 9.17) is 0 Å². The van der Waals surface area contributed by atoms with Crippen LogP contribution >= 0.6 is 11.8 Å². The smallest absolute Gasteiger partial charge is 0.233 e. The molecule has 0 aliphatic heterocycles. The highest BCUT2D eigenvalue weighted by molar-refractivity contribution is 8.00. The molecule has 0 saturated carbocycles. The van der Waals surface area contributed by atoms with Crippen molar-refractivity contribution in [3.05, 3.63) is 42.7 Å². The Balaban J connectivity index is 2.12. The summed E-state index contributed by atoms with van der Waals surface area (Å²) >= 11 is 1.32. The highest BCUT2D eigenvalue weighted by Crippen LogP contribution is 2.25. The number of rotatable bonds is 6. The van der Waals surface area contributed by atoms with Crippen LogP contribution in [-0.2, 0) is 11.8 Å². The monoisotopic (exact) mass is 320 g/mol. The van der Waals surface area contributed by atoms with Crippen LogP contribution in [0.2, 0.25) is 0 Å². The van der Waals surface area contributed by atoms with Crippen LogP contribution in [0, 0.1) is 5.82 Å². The molecule has 22 heavy (non-hydrogen) atoms. The Kier molecular flexibility index (Phi) is 5.32. The molecule has 2 rings (SSSR count). The van der Waals surface area contributed by atoms with E-state index in [1.807, 2.05) is 7.05 Å². The second-order valence-corrected chi connectivity index (χ2v) is 5.97. The van der Waals surface area contributed by atoms with Gasteiger partial charge in [0.2, 0.25) is 5.91 Å². The van der Waals surface area contributed by atoms with Crippen molar-refractivity contribution in [2.75, 3.05) is 6.54 Å². The average Bonchev–Trinajstić information content (AvgIpc) is 2.86. The van der Waals surface area contributed by atoms with Gasteiger partial charge in [-0.25, -0.2) is 4.39 Å². The average molecular weight is 320 g/mol. The number of amides is 1. The Morgan fingerprint density at radius 3 is 2.77 bits per heavy atom. The van der Waals surface area contributed by atoms with Crippen molar-refractivity contribution in [1.82, 2.24) is 20.1 Å². The molecular weight excluding hydrogens is 303 g/mol. The van der Waals surface area contributed by atoms with Crippen molar-refractivity contribution in [3.8, 4) is 11.4 Å². The molecule has 0 spiro atoms. The minimum atomic E-state index is -0.302. The molecule has 1 heterocycles. The first kappa shape index (κ1) is 16.2. The summed E-state index contributed by atoms with van der Waals surface area (Å²) in [4.78, 5) is 11.9. The van der Waals surface area contributed by atoms with Crippen LogP contribution in [0.25, 0.3) is 11.4 Å². The molecule has 0 aliphatic rings. The van der Waals surface area contributed by atoms with E-state index >= 15 is 0 Å². The second-order valence-electron chi connectivity index (χ2n) is 4.67. The van der Waals surface area contributed by atoms with Gasteiger partial charge < -0.3 is 9.88 Å². The van der Waals surface area contributed by atoms with Gasteiger partial charge in [0.15, 0.2) is 11.0 Å². The van der Waals surface area contributed by atoms with E-state index in [-0.39, 0.29) is 17.0 Å². The molecule has 0 saturated heterocycles. The fourth-order valence-corrected chi connectivity index (χ4v) is 2.64. The number of carbonyl (C=O) groups is 1. The normalized spacial score (nSPS) is 12.0. The van der Waals surface area contributed by atoms with Crippen molar-refractivity contribution in [1.29, 1.82) is 0 Å². The molecule has 1 amide bonds. The first-order chi connectivity index (χ1) is 10.5. The van der Waals surface area contributed by atoms with Gasteiger partial charge in [0.1, 0.15) is 5.82 Å². The largest absolute Gasteiger partial charge is 0.352 e. The standard InChI is InChI=1S/C15H17FN4OS/c1-4-9-17-14(21)10(2)22-15-19-18-13(20(15)3)11-5-7-12(16)8-6-11/h4-8,10H,1,9H2,2-3H3,(H,17,21)/t10-/m0/s1. The second kappa shape index (κ2) is 7.22. The lowest BCUT2D eigenvalue weighted by atomic mass is 10.2. The number of benzene rings is 1. The summed E-state index contributed by atoms with van der Waals surface area (Å²) in [5.41, 5.74) is 0.770. The van der Waals surface area contributed by atoms with Crippen molar-refractivity contribution < 1.29 is 9.18 Å². The lowest BCUT2D eigenvalue weighted by molar-refractivity contribution is -0.120. The van der Waals surface area contributed by atoms with Crippen LogP contribution in [0.15, 0.2) is 42.1 Å². The summed E-state index contributed by atoms with van der Waals surface area (Å²) in [5, 5.41) is 11.3. The van der Waals surface area contributed by atoms with E-state index in [1.165, 1.54) is 23.9 Å². The Bertz CT molecular complexity index is 669. The lowest BCUT2D eigenvalue weighted by Gasteiger charge is -2.10. The van der Waals surface area contributed by atoms with E-state index in [0.717, 1.165) is 5.56 Å². The Morgan fingerprint density at radius 1 is 1.45 bits per heavy atom. The molecule has 0 radical (unpaired) electrons. The van der Waals surface area contributed by atoms with Gasteiger partial charge in [0.05, 0.1) is 5.25 Å². The first-order valence-corrected chi connectivity index (χ1v) is 7.61. The van der Waals surface area contributed by atoms with Crippen LogP contribution in [-0.4, -0.2) is 32.5 Å². The van der Waals surface area contributed by atoms with Gasteiger partial charge in [0, 0.05) is 19.2 Å². The van der Waals surface area contributed by atoms with Crippen LogP contribution in [0.4, 0.5) is 4.39 Å². The van der Waals surface area contributed by atoms with Crippen LogP contribution in [0.5, 0.6) is 0 Å². The van der Waals surface area contributed by atoms with Crippen molar-refractivity contribution in [2.45, 2.75) is 17.3 Å². The van der Waals surface area contributed by atoms with E-state index < -0.39 is 0 Å². The molecule has 0 bridgehead atoms. The molecular formula is C15H17FN4OS. The Morgan fingerprint density at radius 2 is 2.14 bits per heavy atom.